The van der Waals surface area contributed by atoms with Gasteiger partial charge < -0.3 is 31.5 Å². The molecule has 0 aliphatic carbocycles. The van der Waals surface area contributed by atoms with Crippen molar-refractivity contribution in [1.29, 1.82) is 0 Å². The number of hydrogen-bond acceptors (Lipinski definition) is 13. The van der Waals surface area contributed by atoms with Crippen LogP contribution in [0, 0.1) is 0 Å². The number of nitrogens with one attached hydrogen (secondary N) is 1. The van der Waals surface area contributed by atoms with Gasteiger partial charge in [0.25, 0.3) is 11.8 Å². The van der Waals surface area contributed by atoms with Crippen molar-refractivity contribution in [3.05, 3.63) is 47.7 Å². The molecule has 1 aliphatic heterocycles. The lowest BCUT2D eigenvalue weighted by molar-refractivity contribution is -0.753. The van der Waals surface area contributed by atoms with E-state index in [1.165, 1.54) is 19.2 Å². The lowest BCUT2D eigenvalue weighted by atomic mass is 9.84. The molecule has 1 aromatic carbocycles. The number of ether oxygens (including phenoxy) is 1. The van der Waals surface area contributed by atoms with Crippen LogP contribution in [0.2, 0.25) is 0 Å². The van der Waals surface area contributed by atoms with Gasteiger partial charge in [0.2, 0.25) is 12.3 Å². The first-order chi connectivity index (χ1) is 21.6. The first kappa shape index (κ1) is 34.2. The number of hydrogen-bond donors (Lipinski definition) is 5. The second-order valence-electron chi connectivity index (χ2n) is 10.6. The summed E-state index contributed by atoms with van der Waals surface area (Å²) in [4.78, 5) is 46.8. The van der Waals surface area contributed by atoms with E-state index in [1.807, 2.05) is 28.8 Å². The molecule has 248 valence electrons. The highest BCUT2D eigenvalue weighted by Crippen LogP contribution is 2.33. The third kappa shape index (κ3) is 7.95. The summed E-state index contributed by atoms with van der Waals surface area (Å²) < 4.78 is 44.9. The molecule has 1 fully saturated rings. The summed E-state index contributed by atoms with van der Waals surface area (Å²) in [6, 6.07) is 5.46. The molecule has 2 aromatic heterocycles. The molecule has 4 rings (SSSR count). The Bertz CT molecular complexity index is 1740. The Hall–Kier alpha value is -4.63. The number of β-lactam (4-membered cyclic amide) rings is 1. The summed E-state index contributed by atoms with van der Waals surface area (Å²) in [5.41, 5.74) is 11.2. The fourth-order valence-electron chi connectivity index (χ4n) is 4.42. The van der Waals surface area contributed by atoms with Crippen molar-refractivity contribution in [3.63, 3.8) is 0 Å². The predicted octanol–water partition coefficient (Wildman–Crippen LogP) is -0.540. The molecule has 1 saturated heterocycles. The second-order valence-corrected chi connectivity index (χ2v) is 12.5. The minimum atomic E-state index is -5.00. The normalized spacial score (nSPS) is 16.9. The van der Waals surface area contributed by atoms with E-state index in [0.29, 0.717) is 11.6 Å². The van der Waals surface area contributed by atoms with Crippen LogP contribution in [0.1, 0.15) is 26.0 Å². The first-order valence-corrected chi connectivity index (χ1v) is 15.8. The van der Waals surface area contributed by atoms with Crippen molar-refractivity contribution in [2.75, 3.05) is 18.9 Å². The van der Waals surface area contributed by atoms with Crippen molar-refractivity contribution in [3.8, 4) is 16.9 Å². The molecular weight excluding hydrogens is 648 g/mol. The fraction of sp³-hybridized carbons (Fsp3) is 0.385. The van der Waals surface area contributed by atoms with Crippen LogP contribution in [0.4, 0.5) is 5.13 Å². The molecule has 1 unspecified atom stereocenters. The van der Waals surface area contributed by atoms with E-state index >= 15 is 0 Å². The van der Waals surface area contributed by atoms with Crippen molar-refractivity contribution in [2.24, 2.45) is 17.9 Å². The van der Waals surface area contributed by atoms with Gasteiger partial charge in [-0.05, 0) is 44.5 Å². The van der Waals surface area contributed by atoms with E-state index in [1.54, 1.807) is 24.3 Å². The van der Waals surface area contributed by atoms with Crippen molar-refractivity contribution >= 4 is 50.4 Å². The van der Waals surface area contributed by atoms with Crippen LogP contribution in [-0.4, -0.2) is 87.1 Å². The molecule has 3 heterocycles. The summed E-state index contributed by atoms with van der Waals surface area (Å²) in [5.74, 6) is -3.08. The van der Waals surface area contributed by atoms with Crippen molar-refractivity contribution < 1.29 is 51.0 Å². The van der Waals surface area contributed by atoms with Crippen LogP contribution in [-0.2, 0) is 47.5 Å². The zero-order valence-electron chi connectivity index (χ0n) is 24.9. The summed E-state index contributed by atoms with van der Waals surface area (Å²) in [6.07, 6.45) is 3.22. The molecule has 2 atom stereocenters. The number of rotatable bonds is 15. The SMILES string of the molecule is C[n+]1cc(-c2ccc(OC(CON=C(C(=O)N[C@@H]3C(=O)N(OS(=O)(=O)O)C3(C)C)c3csc(N)n3)C(=O)O)cc2)cn1CCCN. The van der Waals surface area contributed by atoms with E-state index in [-0.39, 0.29) is 16.6 Å². The minimum Gasteiger partial charge on any atom is -0.478 e. The highest BCUT2D eigenvalue weighted by atomic mass is 32.3. The Labute approximate surface area is 267 Å². The first-order valence-electron chi connectivity index (χ1n) is 13.6. The Morgan fingerprint density at radius 1 is 1.26 bits per heavy atom. The number of aryl methyl sites for hydroxylation is 2. The average Bonchev–Trinajstić information content (AvgIpc) is 3.59. The zero-order valence-corrected chi connectivity index (χ0v) is 26.5. The van der Waals surface area contributed by atoms with Crippen LogP contribution in [0.25, 0.3) is 11.1 Å². The molecule has 1 aliphatic rings. The lowest BCUT2D eigenvalue weighted by Gasteiger charge is -2.50. The number of nitrogen functional groups attached to an aromatic ring is 1. The maximum Gasteiger partial charge on any atom is 0.418 e. The third-order valence-electron chi connectivity index (χ3n) is 6.83. The van der Waals surface area contributed by atoms with Gasteiger partial charge in [-0.25, -0.2) is 9.78 Å². The standard InChI is InChI=1S/C26H32N8O10S2/c1-26(2)21(23(36)34(26)44-46(39,40)41)30-22(35)20(18-14-45-25(28)29-18)31-42-13-19(24(37)38)43-17-7-5-15(6-8-17)16-11-32(3)33(12-16)10-4-9-27/h5-8,11-12,14,19,21H,4,9-10,13,27H2,1-3H3,(H4-,28,29,30,35,37,38,39,40,41)/p+1/t19?,21-/m1/s1. The zero-order chi connectivity index (χ0) is 33.8. The quantitative estimate of drug-likeness (QED) is 0.0445. The number of hydroxylamine groups is 2. The number of benzene rings is 1. The smallest absolute Gasteiger partial charge is 0.418 e. The van der Waals surface area contributed by atoms with Crippen molar-refractivity contribution in [1.82, 2.24) is 20.0 Å². The maximum atomic E-state index is 13.2. The van der Waals surface area contributed by atoms with E-state index in [4.69, 9.17) is 25.6 Å². The van der Waals surface area contributed by atoms with Gasteiger partial charge in [-0.2, -0.15) is 18.2 Å². The molecule has 0 bridgehead atoms. The number of aromatic nitrogens is 3. The minimum absolute atomic E-state index is 0.0377. The van der Waals surface area contributed by atoms with Crippen LogP contribution < -0.4 is 26.2 Å². The summed E-state index contributed by atoms with van der Waals surface area (Å²) >= 11 is 0.981. The van der Waals surface area contributed by atoms with Gasteiger partial charge in [-0.15, -0.1) is 20.3 Å². The highest BCUT2D eigenvalue weighted by Gasteiger charge is 2.58. The van der Waals surface area contributed by atoms with Crippen LogP contribution in [0.3, 0.4) is 0 Å². The molecule has 18 nitrogen and oxygen atoms in total. The molecule has 46 heavy (non-hydrogen) atoms. The number of oxime groups is 1. The average molecular weight is 682 g/mol. The number of amides is 2. The number of aliphatic carboxylic acids is 1. The molecular formula is C26H33N8O10S2+. The number of thiazole rings is 1. The number of nitrogens with zero attached hydrogens (tertiary/aromatic N) is 5. The van der Waals surface area contributed by atoms with E-state index in [9.17, 15) is 27.9 Å². The summed E-state index contributed by atoms with van der Waals surface area (Å²) in [6.45, 7) is 3.46. The van der Waals surface area contributed by atoms with Gasteiger partial charge in [0.15, 0.2) is 24.5 Å². The molecule has 7 N–H and O–H groups in total. The Kier molecular flexibility index (Phi) is 10.3. The highest BCUT2D eigenvalue weighted by molar-refractivity contribution is 7.80. The number of anilines is 1. The molecule has 2 amide bonds. The van der Waals surface area contributed by atoms with Crippen LogP contribution >= 0.6 is 11.3 Å². The number of carbonyl (C=O) groups excluding carboxylic acids is 2. The van der Waals surface area contributed by atoms with Gasteiger partial charge >= 0.3 is 16.4 Å². The molecule has 0 radical (unpaired) electrons. The van der Waals surface area contributed by atoms with Gasteiger partial charge in [0, 0.05) is 5.38 Å². The second kappa shape index (κ2) is 13.8. The van der Waals surface area contributed by atoms with Crippen molar-refractivity contribution in [2.45, 2.75) is 44.5 Å². The Morgan fingerprint density at radius 3 is 2.52 bits per heavy atom. The van der Waals surface area contributed by atoms with Crippen LogP contribution in [0.5, 0.6) is 5.75 Å². The van der Waals surface area contributed by atoms with Gasteiger partial charge in [0.1, 0.15) is 17.5 Å². The Balaban J connectivity index is 1.44. The van der Waals surface area contributed by atoms with E-state index < -0.39 is 58.2 Å². The summed E-state index contributed by atoms with van der Waals surface area (Å²) in [7, 11) is -3.09. The lowest BCUT2D eigenvalue weighted by Crippen LogP contribution is -2.76. The Morgan fingerprint density at radius 2 is 1.96 bits per heavy atom. The topological polar surface area (TPSA) is 255 Å². The molecule has 3 aromatic rings. The largest absolute Gasteiger partial charge is 0.478 e. The number of carboxylic acid groups (broad SMARTS) is 1. The third-order valence-corrected chi connectivity index (χ3v) is 7.85. The predicted molar refractivity (Wildman–Crippen MR) is 161 cm³/mol. The number of carbonyl (C=O) groups is 3. The monoisotopic (exact) mass is 681 g/mol. The molecule has 20 heteroatoms. The van der Waals surface area contributed by atoms with E-state index in [0.717, 1.165) is 35.4 Å². The molecule has 0 saturated carbocycles. The van der Waals surface area contributed by atoms with Gasteiger partial charge in [0.05, 0.1) is 23.8 Å². The molecule has 0 spiro atoms. The van der Waals surface area contributed by atoms with Crippen LogP contribution in [0.15, 0.2) is 47.2 Å². The maximum absolute atomic E-state index is 13.2. The number of carboxylic acids is 1. The van der Waals surface area contributed by atoms with Gasteiger partial charge in [-0.3, -0.25) is 14.1 Å². The summed E-state index contributed by atoms with van der Waals surface area (Å²) in [5, 5.41) is 17.7. The van der Waals surface area contributed by atoms with E-state index in [2.05, 4.69) is 19.7 Å². The number of nitrogens with two attached hydrogens (primary N) is 2. The fourth-order valence-corrected chi connectivity index (χ4v) is 5.42. The van der Waals surface area contributed by atoms with Gasteiger partial charge in [-0.1, -0.05) is 17.3 Å².